The van der Waals surface area contributed by atoms with Crippen LogP contribution in [0.3, 0.4) is 0 Å². The molecule has 1 aromatic heterocycles. The molecule has 2 aromatic carbocycles. The highest BCUT2D eigenvalue weighted by molar-refractivity contribution is 5.99. The van der Waals surface area contributed by atoms with Gasteiger partial charge in [-0.25, -0.2) is 9.97 Å². The van der Waals surface area contributed by atoms with Crippen LogP contribution < -0.4 is 14.8 Å². The third kappa shape index (κ3) is 4.09. The summed E-state index contributed by atoms with van der Waals surface area (Å²) in [5, 5.41) is 3.29. The molecular formula is C24H24N4O4. The van der Waals surface area contributed by atoms with Gasteiger partial charge in [-0.3, -0.25) is 4.79 Å². The summed E-state index contributed by atoms with van der Waals surface area (Å²) in [6.45, 7) is 5.19. The molecule has 1 fully saturated rings. The van der Waals surface area contributed by atoms with Crippen LogP contribution in [0.5, 0.6) is 11.5 Å². The molecule has 1 amide bonds. The first kappa shape index (κ1) is 20.3. The average molecular weight is 432 g/mol. The second-order valence-electron chi connectivity index (χ2n) is 7.98. The zero-order valence-corrected chi connectivity index (χ0v) is 17.9. The van der Waals surface area contributed by atoms with Crippen LogP contribution in [0.15, 0.2) is 54.7 Å². The lowest BCUT2D eigenvalue weighted by Crippen LogP contribution is -2.48. The Labute approximate surface area is 186 Å². The van der Waals surface area contributed by atoms with E-state index in [4.69, 9.17) is 19.2 Å². The molecule has 3 aromatic rings. The topological polar surface area (TPSA) is 85.8 Å². The van der Waals surface area contributed by atoms with Gasteiger partial charge in [0.1, 0.15) is 11.4 Å². The standard InChI is InChI=1S/C24H24N4O4/c1-15-12-28(13-16(2)32-15)24(29)19-11-25-22(17-8-9-20-21(10-17)31-14-30-20)27-23(19)26-18-6-4-3-5-7-18/h3-11,15-16H,12-14H2,1-2H3,(H,25,26,27)/t15-,16-/m0/s1. The van der Waals surface area contributed by atoms with Crippen LogP contribution >= 0.6 is 0 Å². The van der Waals surface area contributed by atoms with E-state index in [-0.39, 0.29) is 24.9 Å². The minimum Gasteiger partial charge on any atom is -0.454 e. The first-order valence-electron chi connectivity index (χ1n) is 10.6. The lowest BCUT2D eigenvalue weighted by atomic mass is 10.1. The van der Waals surface area contributed by atoms with E-state index in [0.29, 0.717) is 41.8 Å². The van der Waals surface area contributed by atoms with Crippen LogP contribution in [0.25, 0.3) is 11.4 Å². The minimum atomic E-state index is -0.123. The van der Waals surface area contributed by atoms with Crippen molar-refractivity contribution in [1.82, 2.24) is 14.9 Å². The summed E-state index contributed by atoms with van der Waals surface area (Å²) in [6.07, 6.45) is 1.54. The Hall–Kier alpha value is -3.65. The van der Waals surface area contributed by atoms with Crippen LogP contribution in [0.4, 0.5) is 11.5 Å². The van der Waals surface area contributed by atoms with Gasteiger partial charge in [0.05, 0.1) is 12.2 Å². The first-order chi connectivity index (χ1) is 15.6. The molecule has 2 aliphatic heterocycles. The number of benzene rings is 2. The first-order valence-corrected chi connectivity index (χ1v) is 10.6. The van der Waals surface area contributed by atoms with Crippen molar-refractivity contribution >= 4 is 17.4 Å². The Kier molecular flexibility index (Phi) is 5.36. The lowest BCUT2D eigenvalue weighted by Gasteiger charge is -2.35. The SMILES string of the molecule is C[C@H]1CN(C(=O)c2cnc(-c3ccc4c(c3)OCO4)nc2Nc2ccccc2)C[C@H](C)O1. The van der Waals surface area contributed by atoms with Crippen molar-refractivity contribution in [2.75, 3.05) is 25.2 Å². The summed E-state index contributed by atoms with van der Waals surface area (Å²) < 4.78 is 16.7. The van der Waals surface area contributed by atoms with Crippen LogP contribution in [0.2, 0.25) is 0 Å². The van der Waals surface area contributed by atoms with Crippen LogP contribution in [0, 0.1) is 0 Å². The second-order valence-corrected chi connectivity index (χ2v) is 7.98. The Morgan fingerprint density at radius 2 is 1.78 bits per heavy atom. The summed E-state index contributed by atoms with van der Waals surface area (Å²) >= 11 is 0. The number of nitrogens with one attached hydrogen (secondary N) is 1. The number of aromatic nitrogens is 2. The average Bonchev–Trinajstić information content (AvgIpc) is 3.27. The largest absolute Gasteiger partial charge is 0.454 e. The number of carbonyl (C=O) groups excluding carboxylic acids is 1. The van der Waals surface area contributed by atoms with Crippen molar-refractivity contribution in [3.8, 4) is 22.9 Å². The number of carbonyl (C=O) groups is 1. The highest BCUT2D eigenvalue weighted by atomic mass is 16.7. The quantitative estimate of drug-likeness (QED) is 0.670. The number of para-hydroxylation sites is 1. The van der Waals surface area contributed by atoms with E-state index in [0.717, 1.165) is 11.3 Å². The van der Waals surface area contributed by atoms with Gasteiger partial charge in [0.15, 0.2) is 17.3 Å². The number of amides is 1. The van der Waals surface area contributed by atoms with Crippen molar-refractivity contribution in [3.63, 3.8) is 0 Å². The van der Waals surface area contributed by atoms with Crippen LogP contribution in [-0.4, -0.2) is 52.9 Å². The van der Waals surface area contributed by atoms with Crippen molar-refractivity contribution in [2.45, 2.75) is 26.1 Å². The highest BCUT2D eigenvalue weighted by Crippen LogP contribution is 2.35. The number of rotatable bonds is 4. The van der Waals surface area contributed by atoms with E-state index >= 15 is 0 Å². The van der Waals surface area contributed by atoms with E-state index in [1.165, 1.54) is 0 Å². The third-order valence-electron chi connectivity index (χ3n) is 5.39. The van der Waals surface area contributed by atoms with Gasteiger partial charge in [-0.05, 0) is 44.2 Å². The summed E-state index contributed by atoms with van der Waals surface area (Å²) in [5.74, 6) is 2.17. The molecule has 2 aliphatic rings. The Morgan fingerprint density at radius 3 is 2.56 bits per heavy atom. The molecule has 8 nitrogen and oxygen atoms in total. The normalized spacial score (nSPS) is 19.6. The number of fused-ring (bicyclic) bond motifs is 1. The van der Waals surface area contributed by atoms with Gasteiger partial charge in [0.25, 0.3) is 5.91 Å². The number of hydrogen-bond acceptors (Lipinski definition) is 7. The zero-order valence-electron chi connectivity index (χ0n) is 17.9. The molecule has 0 aliphatic carbocycles. The van der Waals surface area contributed by atoms with E-state index in [2.05, 4.69) is 10.3 Å². The van der Waals surface area contributed by atoms with E-state index in [9.17, 15) is 4.79 Å². The third-order valence-corrected chi connectivity index (χ3v) is 5.39. The number of nitrogens with zero attached hydrogens (tertiary/aromatic N) is 3. The van der Waals surface area contributed by atoms with Crippen molar-refractivity contribution in [1.29, 1.82) is 0 Å². The molecule has 0 bridgehead atoms. The summed E-state index contributed by atoms with van der Waals surface area (Å²) in [7, 11) is 0. The molecular weight excluding hydrogens is 408 g/mol. The summed E-state index contributed by atoms with van der Waals surface area (Å²) in [5.41, 5.74) is 2.03. The van der Waals surface area contributed by atoms with Crippen LogP contribution in [-0.2, 0) is 4.74 Å². The number of hydrogen-bond donors (Lipinski definition) is 1. The molecule has 2 atom stereocenters. The molecule has 0 spiro atoms. The zero-order chi connectivity index (χ0) is 22.1. The van der Waals surface area contributed by atoms with Gasteiger partial charge >= 0.3 is 0 Å². The molecule has 0 saturated carbocycles. The van der Waals surface area contributed by atoms with Crippen molar-refractivity contribution < 1.29 is 19.0 Å². The monoisotopic (exact) mass is 432 g/mol. The Morgan fingerprint density at radius 1 is 1.03 bits per heavy atom. The Balaban J connectivity index is 1.51. The molecule has 164 valence electrons. The minimum absolute atomic E-state index is 0.0259. The predicted molar refractivity (Wildman–Crippen MR) is 119 cm³/mol. The molecule has 1 saturated heterocycles. The molecule has 32 heavy (non-hydrogen) atoms. The number of morpholine rings is 1. The summed E-state index contributed by atoms with van der Waals surface area (Å²) in [6, 6.07) is 15.2. The maximum absolute atomic E-state index is 13.4. The van der Waals surface area contributed by atoms with Gasteiger partial charge in [0.2, 0.25) is 6.79 Å². The molecule has 3 heterocycles. The van der Waals surface area contributed by atoms with Gasteiger partial charge < -0.3 is 24.4 Å². The maximum Gasteiger partial charge on any atom is 0.259 e. The van der Waals surface area contributed by atoms with Gasteiger partial charge in [-0.15, -0.1) is 0 Å². The predicted octanol–water partition coefficient (Wildman–Crippen LogP) is 3.87. The van der Waals surface area contributed by atoms with Crippen LogP contribution in [0.1, 0.15) is 24.2 Å². The fourth-order valence-corrected chi connectivity index (χ4v) is 3.98. The fourth-order valence-electron chi connectivity index (χ4n) is 3.98. The van der Waals surface area contributed by atoms with Crippen molar-refractivity contribution in [2.24, 2.45) is 0 Å². The molecule has 8 heteroatoms. The molecule has 5 rings (SSSR count). The molecule has 0 unspecified atom stereocenters. The van der Waals surface area contributed by atoms with Crippen molar-refractivity contribution in [3.05, 3.63) is 60.3 Å². The summed E-state index contributed by atoms with van der Waals surface area (Å²) in [4.78, 5) is 24.4. The Bertz CT molecular complexity index is 1130. The van der Waals surface area contributed by atoms with Gasteiger partial charge in [-0.1, -0.05) is 18.2 Å². The van der Waals surface area contributed by atoms with E-state index in [1.807, 2.05) is 62.4 Å². The molecule has 0 radical (unpaired) electrons. The lowest BCUT2D eigenvalue weighted by molar-refractivity contribution is -0.0586. The van der Waals surface area contributed by atoms with Gasteiger partial charge in [-0.2, -0.15) is 0 Å². The number of anilines is 2. The molecule has 1 N–H and O–H groups in total. The van der Waals surface area contributed by atoms with E-state index in [1.54, 1.807) is 11.1 Å². The smallest absolute Gasteiger partial charge is 0.259 e. The maximum atomic E-state index is 13.4. The van der Waals surface area contributed by atoms with E-state index < -0.39 is 0 Å². The second kappa shape index (κ2) is 8.47. The number of ether oxygens (including phenoxy) is 3. The highest BCUT2D eigenvalue weighted by Gasteiger charge is 2.29. The fraction of sp³-hybridized carbons (Fsp3) is 0.292. The van der Waals surface area contributed by atoms with Gasteiger partial charge in [0, 0.05) is 30.5 Å².